The zero-order valence-corrected chi connectivity index (χ0v) is 14.5. The van der Waals surface area contributed by atoms with Crippen molar-refractivity contribution in [3.63, 3.8) is 0 Å². The lowest BCUT2D eigenvalue weighted by atomic mass is 9.83. The minimum atomic E-state index is -4.62. The van der Waals surface area contributed by atoms with E-state index in [0.717, 1.165) is 6.92 Å². The maximum absolute atomic E-state index is 14.5. The average Bonchev–Trinajstić information content (AvgIpc) is 2.52. The molecule has 0 aromatic carbocycles. The fourth-order valence-electron chi connectivity index (χ4n) is 2.29. The molecule has 1 aromatic heterocycles. The Bertz CT molecular complexity index is 737. The van der Waals surface area contributed by atoms with Gasteiger partial charge in [-0.05, 0) is 20.3 Å². The molecule has 13 heteroatoms. The summed E-state index contributed by atoms with van der Waals surface area (Å²) in [6.45, 7) is 1.40. The van der Waals surface area contributed by atoms with Gasteiger partial charge in [-0.1, -0.05) is 0 Å². The quantitative estimate of drug-likeness (QED) is 0.516. The monoisotopic (exact) mass is 401 g/mol. The van der Waals surface area contributed by atoms with Crippen molar-refractivity contribution >= 4 is 17.5 Å². The highest BCUT2D eigenvalue weighted by molar-refractivity contribution is 5.67. The van der Waals surface area contributed by atoms with Crippen molar-refractivity contribution in [1.82, 2.24) is 15.0 Å². The van der Waals surface area contributed by atoms with Crippen molar-refractivity contribution in [3.05, 3.63) is 11.7 Å². The molecule has 0 bridgehead atoms. The lowest BCUT2D eigenvalue weighted by Gasteiger charge is -2.36. The molecule has 1 aliphatic rings. The SMILES string of the molecule is CONc1nc(N[C@H](C)C(F)(F)F)nc(C2=C(F)C(C)(O)C(F)(F)CC2)n1. The molecule has 2 rings (SSSR count). The Labute approximate surface area is 149 Å². The topological polar surface area (TPSA) is 92.2 Å². The smallest absolute Gasteiger partial charge is 0.377 e. The summed E-state index contributed by atoms with van der Waals surface area (Å²) in [6, 6.07) is -2.05. The number of allylic oxidation sites excluding steroid dienone is 1. The fraction of sp³-hybridized carbons (Fsp3) is 0.643. The lowest BCUT2D eigenvalue weighted by molar-refractivity contribution is -0.166. The van der Waals surface area contributed by atoms with Gasteiger partial charge in [-0.3, -0.25) is 4.84 Å². The van der Waals surface area contributed by atoms with E-state index >= 15 is 0 Å². The van der Waals surface area contributed by atoms with Crippen LogP contribution in [0.2, 0.25) is 0 Å². The molecular weight excluding hydrogens is 384 g/mol. The van der Waals surface area contributed by atoms with Gasteiger partial charge in [0.2, 0.25) is 5.95 Å². The highest BCUT2D eigenvalue weighted by Crippen LogP contribution is 2.47. The number of hydrogen-bond donors (Lipinski definition) is 3. The number of halogens is 6. The number of aromatic nitrogens is 3. The zero-order valence-electron chi connectivity index (χ0n) is 14.5. The van der Waals surface area contributed by atoms with Crippen LogP contribution in [0, 0.1) is 0 Å². The minimum Gasteiger partial charge on any atom is -0.377 e. The predicted molar refractivity (Wildman–Crippen MR) is 82.4 cm³/mol. The molecule has 0 fully saturated rings. The van der Waals surface area contributed by atoms with E-state index in [4.69, 9.17) is 0 Å². The second-order valence-corrected chi connectivity index (χ2v) is 6.09. The van der Waals surface area contributed by atoms with Gasteiger partial charge in [-0.15, -0.1) is 0 Å². The molecule has 0 saturated heterocycles. The van der Waals surface area contributed by atoms with Gasteiger partial charge >= 0.3 is 6.18 Å². The summed E-state index contributed by atoms with van der Waals surface area (Å²) in [5.74, 6) is -6.76. The minimum absolute atomic E-state index is 0.378. The number of alkyl halides is 5. The second-order valence-electron chi connectivity index (χ2n) is 6.09. The summed E-state index contributed by atoms with van der Waals surface area (Å²) in [7, 11) is 1.17. The van der Waals surface area contributed by atoms with E-state index < -0.39 is 59.8 Å². The van der Waals surface area contributed by atoms with Crippen LogP contribution >= 0.6 is 0 Å². The van der Waals surface area contributed by atoms with Crippen molar-refractivity contribution in [1.29, 1.82) is 0 Å². The van der Waals surface area contributed by atoms with E-state index in [0.29, 0.717) is 6.92 Å². The van der Waals surface area contributed by atoms with Gasteiger partial charge in [0.25, 0.3) is 11.9 Å². The predicted octanol–water partition coefficient (Wildman–Crippen LogP) is 3.07. The maximum atomic E-state index is 14.5. The fourth-order valence-corrected chi connectivity index (χ4v) is 2.29. The van der Waals surface area contributed by atoms with Crippen LogP contribution in [-0.4, -0.2) is 50.9 Å². The first-order valence-corrected chi connectivity index (χ1v) is 7.67. The van der Waals surface area contributed by atoms with Crippen molar-refractivity contribution in [2.45, 2.75) is 50.4 Å². The Kier molecular flexibility index (Phi) is 5.57. The Morgan fingerprint density at radius 1 is 1.19 bits per heavy atom. The zero-order chi connectivity index (χ0) is 20.6. The van der Waals surface area contributed by atoms with Crippen molar-refractivity contribution in [3.8, 4) is 0 Å². The molecule has 0 aliphatic heterocycles. The molecule has 0 saturated carbocycles. The highest BCUT2D eigenvalue weighted by Gasteiger charge is 2.56. The summed E-state index contributed by atoms with van der Waals surface area (Å²) in [4.78, 5) is 15.6. The molecule has 27 heavy (non-hydrogen) atoms. The van der Waals surface area contributed by atoms with Gasteiger partial charge in [0, 0.05) is 12.0 Å². The summed E-state index contributed by atoms with van der Waals surface area (Å²) in [5.41, 5.74) is -1.41. The van der Waals surface area contributed by atoms with Crippen molar-refractivity contribution < 1.29 is 36.3 Å². The normalized spacial score (nSPS) is 23.9. The number of rotatable bonds is 5. The maximum Gasteiger partial charge on any atom is 0.408 e. The van der Waals surface area contributed by atoms with Crippen LogP contribution in [0.15, 0.2) is 5.83 Å². The van der Waals surface area contributed by atoms with Crippen molar-refractivity contribution in [2.24, 2.45) is 0 Å². The summed E-state index contributed by atoms with van der Waals surface area (Å²) < 4.78 is 80.2. The first-order valence-electron chi connectivity index (χ1n) is 7.67. The molecule has 1 unspecified atom stereocenters. The largest absolute Gasteiger partial charge is 0.408 e. The van der Waals surface area contributed by atoms with Crippen LogP contribution < -0.4 is 10.8 Å². The third-order valence-corrected chi connectivity index (χ3v) is 4.03. The van der Waals surface area contributed by atoms with Crippen LogP contribution in [-0.2, 0) is 4.84 Å². The van der Waals surface area contributed by atoms with Gasteiger partial charge in [0.1, 0.15) is 11.9 Å². The van der Waals surface area contributed by atoms with Crippen LogP contribution in [0.3, 0.4) is 0 Å². The standard InChI is InChI=1S/C14H17F6N5O2/c1-6(14(18,19)20)21-10-22-9(23-11(24-10)25-27-3)7-4-5-13(16,17)12(2,26)8(7)15/h6,26H,4-5H2,1-3H3,(H2,21,22,23,24,25)/t6-,12?/m1/s1. The third-order valence-electron chi connectivity index (χ3n) is 4.03. The first-order chi connectivity index (χ1) is 12.3. The van der Waals surface area contributed by atoms with Crippen LogP contribution in [0.25, 0.3) is 5.57 Å². The Hall–Kier alpha value is -2.15. The molecule has 0 spiro atoms. The molecule has 1 aromatic rings. The highest BCUT2D eigenvalue weighted by atomic mass is 19.4. The van der Waals surface area contributed by atoms with Gasteiger partial charge in [-0.2, -0.15) is 28.1 Å². The summed E-state index contributed by atoms with van der Waals surface area (Å²) >= 11 is 0. The number of nitrogens with zero attached hydrogens (tertiary/aromatic N) is 3. The molecule has 7 nitrogen and oxygen atoms in total. The van der Waals surface area contributed by atoms with Gasteiger partial charge < -0.3 is 10.4 Å². The van der Waals surface area contributed by atoms with Crippen LogP contribution in [0.1, 0.15) is 32.5 Å². The van der Waals surface area contributed by atoms with E-state index in [-0.39, 0.29) is 5.95 Å². The number of aliphatic hydroxyl groups is 1. The van der Waals surface area contributed by atoms with Gasteiger partial charge in [0.15, 0.2) is 11.4 Å². The molecule has 1 heterocycles. The third kappa shape index (κ3) is 4.24. The average molecular weight is 401 g/mol. The Balaban J connectivity index is 2.50. The molecule has 0 radical (unpaired) electrons. The molecule has 3 N–H and O–H groups in total. The van der Waals surface area contributed by atoms with Crippen molar-refractivity contribution in [2.75, 3.05) is 17.9 Å². The molecule has 2 atom stereocenters. The number of anilines is 2. The number of nitrogens with one attached hydrogen (secondary N) is 2. The Morgan fingerprint density at radius 3 is 2.33 bits per heavy atom. The summed E-state index contributed by atoms with van der Waals surface area (Å²) in [6.07, 6.45) is -6.06. The molecule has 0 amide bonds. The molecule has 152 valence electrons. The lowest BCUT2D eigenvalue weighted by Crippen LogP contribution is -2.48. The molecular formula is C14H17F6N5O2. The van der Waals surface area contributed by atoms with E-state index in [9.17, 15) is 31.4 Å². The van der Waals surface area contributed by atoms with E-state index in [1.165, 1.54) is 7.11 Å². The van der Waals surface area contributed by atoms with E-state index in [1.54, 1.807) is 0 Å². The summed E-state index contributed by atoms with van der Waals surface area (Å²) in [5, 5.41) is 11.8. The van der Waals surface area contributed by atoms with E-state index in [2.05, 4.69) is 25.3 Å². The van der Waals surface area contributed by atoms with E-state index in [1.807, 2.05) is 5.32 Å². The van der Waals surface area contributed by atoms with Crippen LogP contribution in [0.4, 0.5) is 38.2 Å². The molecule has 1 aliphatic carbocycles. The van der Waals surface area contributed by atoms with Crippen LogP contribution in [0.5, 0.6) is 0 Å². The second kappa shape index (κ2) is 7.11. The Morgan fingerprint density at radius 2 is 1.78 bits per heavy atom. The first kappa shape index (κ1) is 21.2. The number of hydrogen-bond acceptors (Lipinski definition) is 7. The van der Waals surface area contributed by atoms with Gasteiger partial charge in [0.05, 0.1) is 7.11 Å². The van der Waals surface area contributed by atoms with Gasteiger partial charge in [-0.25, -0.2) is 18.7 Å².